The van der Waals surface area contributed by atoms with Crippen molar-refractivity contribution < 1.29 is 9.59 Å². The lowest BCUT2D eigenvalue weighted by Gasteiger charge is -2.26. The number of rotatable bonds is 6. The highest BCUT2D eigenvalue weighted by atomic mass is 35.5. The Morgan fingerprint density at radius 1 is 1.03 bits per heavy atom. The van der Waals surface area contributed by atoms with E-state index in [1.165, 1.54) is 4.68 Å². The normalized spacial score (nSPS) is 15.4. The molecular weight excluding hydrogens is 450 g/mol. The van der Waals surface area contributed by atoms with E-state index in [-0.39, 0.29) is 17.7 Å². The standard InChI is InChI=1S/C26H30ClN5O2/c1-17-23(21(27)13-15-28-17)18-9-11-20(12-10-18)30-26(34)24(19-7-5-3-4-6-8-19)31-25(33)22-14-16-29-32(22)2/h9-16,19,24H,3-8H2,1-2H3,(H,30,34)(H,31,33). The van der Waals surface area contributed by atoms with Crippen molar-refractivity contribution >= 4 is 29.1 Å². The van der Waals surface area contributed by atoms with Gasteiger partial charge in [0.15, 0.2) is 0 Å². The van der Waals surface area contributed by atoms with Crippen LogP contribution in [0.1, 0.15) is 54.7 Å². The predicted octanol–water partition coefficient (Wildman–Crippen LogP) is 5.15. The van der Waals surface area contributed by atoms with Gasteiger partial charge in [0.25, 0.3) is 5.91 Å². The predicted molar refractivity (Wildman–Crippen MR) is 134 cm³/mol. The van der Waals surface area contributed by atoms with Crippen molar-refractivity contribution in [3.63, 3.8) is 0 Å². The van der Waals surface area contributed by atoms with Gasteiger partial charge in [-0.25, -0.2) is 0 Å². The van der Waals surface area contributed by atoms with Crippen LogP contribution in [0, 0.1) is 12.8 Å². The van der Waals surface area contributed by atoms with Gasteiger partial charge in [0.1, 0.15) is 11.7 Å². The number of nitrogens with zero attached hydrogens (tertiary/aromatic N) is 3. The zero-order valence-corrected chi connectivity index (χ0v) is 20.3. The SMILES string of the molecule is Cc1nccc(Cl)c1-c1ccc(NC(=O)C(NC(=O)c2ccnn2C)C2CCCCCC2)cc1. The summed E-state index contributed by atoms with van der Waals surface area (Å²) in [5, 5.41) is 10.7. The third-order valence-electron chi connectivity index (χ3n) is 6.52. The number of carbonyl (C=O) groups excluding carboxylic acids is 2. The first-order chi connectivity index (χ1) is 16.4. The van der Waals surface area contributed by atoms with Gasteiger partial charge in [-0.15, -0.1) is 0 Å². The minimum Gasteiger partial charge on any atom is -0.339 e. The van der Waals surface area contributed by atoms with Crippen LogP contribution in [0.15, 0.2) is 48.8 Å². The number of aryl methyl sites for hydroxylation is 2. The molecule has 178 valence electrons. The number of hydrogen-bond donors (Lipinski definition) is 2. The molecule has 0 bridgehead atoms. The summed E-state index contributed by atoms with van der Waals surface area (Å²) in [4.78, 5) is 30.6. The number of amides is 2. The largest absolute Gasteiger partial charge is 0.339 e. The maximum atomic E-state index is 13.4. The van der Waals surface area contributed by atoms with E-state index >= 15 is 0 Å². The van der Waals surface area contributed by atoms with Crippen LogP contribution in [-0.2, 0) is 11.8 Å². The number of hydrogen-bond acceptors (Lipinski definition) is 4. The van der Waals surface area contributed by atoms with E-state index in [1.807, 2.05) is 31.2 Å². The summed E-state index contributed by atoms with van der Waals surface area (Å²) in [5.74, 6) is -0.400. The van der Waals surface area contributed by atoms with E-state index in [1.54, 1.807) is 31.6 Å². The van der Waals surface area contributed by atoms with Crippen LogP contribution in [0.5, 0.6) is 0 Å². The Kier molecular flexibility index (Phi) is 7.63. The van der Waals surface area contributed by atoms with E-state index in [9.17, 15) is 9.59 Å². The van der Waals surface area contributed by atoms with Gasteiger partial charge in [0, 0.05) is 36.4 Å². The quantitative estimate of drug-likeness (QED) is 0.478. The molecule has 34 heavy (non-hydrogen) atoms. The summed E-state index contributed by atoms with van der Waals surface area (Å²) >= 11 is 6.37. The fourth-order valence-corrected chi connectivity index (χ4v) is 4.98. The number of pyridine rings is 1. The van der Waals surface area contributed by atoms with Gasteiger partial charge < -0.3 is 10.6 Å². The van der Waals surface area contributed by atoms with Crippen LogP contribution in [0.4, 0.5) is 5.69 Å². The van der Waals surface area contributed by atoms with Crippen LogP contribution in [0.2, 0.25) is 5.02 Å². The first-order valence-corrected chi connectivity index (χ1v) is 12.1. The van der Waals surface area contributed by atoms with E-state index in [0.717, 1.165) is 55.3 Å². The Balaban J connectivity index is 1.52. The monoisotopic (exact) mass is 479 g/mol. The molecule has 2 aromatic heterocycles. The van der Waals surface area contributed by atoms with Gasteiger partial charge in [0.2, 0.25) is 5.91 Å². The molecule has 0 aliphatic heterocycles. The van der Waals surface area contributed by atoms with Crippen LogP contribution >= 0.6 is 11.6 Å². The molecule has 4 rings (SSSR count). The molecule has 2 N–H and O–H groups in total. The van der Waals surface area contributed by atoms with Gasteiger partial charge >= 0.3 is 0 Å². The molecule has 1 unspecified atom stereocenters. The van der Waals surface area contributed by atoms with Crippen molar-refractivity contribution in [2.75, 3.05) is 5.32 Å². The molecule has 3 aromatic rings. The Labute approximate surface area is 204 Å². The highest BCUT2D eigenvalue weighted by molar-refractivity contribution is 6.33. The Hall–Kier alpha value is -3.19. The molecule has 0 radical (unpaired) electrons. The van der Waals surface area contributed by atoms with Gasteiger partial charge in [-0.05, 0) is 55.5 Å². The molecule has 2 heterocycles. The second-order valence-electron chi connectivity index (χ2n) is 8.86. The van der Waals surface area contributed by atoms with E-state index in [0.29, 0.717) is 16.4 Å². The second kappa shape index (κ2) is 10.8. The fourth-order valence-electron chi connectivity index (χ4n) is 4.68. The molecule has 1 aliphatic carbocycles. The number of aromatic nitrogens is 3. The van der Waals surface area contributed by atoms with Crippen LogP contribution < -0.4 is 10.6 Å². The van der Waals surface area contributed by atoms with Crippen LogP contribution in [-0.4, -0.2) is 32.6 Å². The minimum atomic E-state index is -0.616. The molecule has 8 heteroatoms. The maximum absolute atomic E-state index is 13.4. The molecule has 1 fully saturated rings. The lowest BCUT2D eigenvalue weighted by molar-refractivity contribution is -0.119. The Morgan fingerprint density at radius 2 is 1.74 bits per heavy atom. The third kappa shape index (κ3) is 5.47. The van der Waals surface area contributed by atoms with Gasteiger partial charge in [-0.2, -0.15) is 5.10 Å². The van der Waals surface area contributed by atoms with E-state index in [4.69, 9.17) is 11.6 Å². The summed E-state index contributed by atoms with van der Waals surface area (Å²) in [6.07, 6.45) is 9.56. The van der Waals surface area contributed by atoms with Crippen LogP contribution in [0.25, 0.3) is 11.1 Å². The Morgan fingerprint density at radius 3 is 2.35 bits per heavy atom. The van der Waals surface area contributed by atoms with Crippen molar-refractivity contribution in [1.82, 2.24) is 20.1 Å². The molecule has 1 saturated carbocycles. The minimum absolute atomic E-state index is 0.0933. The van der Waals surface area contributed by atoms with E-state index in [2.05, 4.69) is 20.7 Å². The molecule has 1 aromatic carbocycles. The van der Waals surface area contributed by atoms with Crippen molar-refractivity contribution in [2.24, 2.45) is 13.0 Å². The zero-order valence-electron chi connectivity index (χ0n) is 19.6. The van der Waals surface area contributed by atoms with Gasteiger partial charge in [0.05, 0.1) is 5.02 Å². The first kappa shape index (κ1) is 24.0. The van der Waals surface area contributed by atoms with Crippen molar-refractivity contribution in [3.8, 4) is 11.1 Å². The summed E-state index contributed by atoms with van der Waals surface area (Å²) in [5.41, 5.74) is 3.75. The fraction of sp³-hybridized carbons (Fsp3) is 0.385. The molecule has 0 saturated heterocycles. The second-order valence-corrected chi connectivity index (χ2v) is 9.27. The van der Waals surface area contributed by atoms with Crippen molar-refractivity contribution in [3.05, 3.63) is 65.2 Å². The lowest BCUT2D eigenvalue weighted by atomic mass is 9.91. The highest BCUT2D eigenvalue weighted by Crippen LogP contribution is 2.31. The molecule has 0 spiro atoms. The molecule has 7 nitrogen and oxygen atoms in total. The average molecular weight is 480 g/mol. The maximum Gasteiger partial charge on any atom is 0.270 e. The van der Waals surface area contributed by atoms with Crippen molar-refractivity contribution in [1.29, 1.82) is 0 Å². The summed E-state index contributed by atoms with van der Waals surface area (Å²) < 4.78 is 1.52. The van der Waals surface area contributed by atoms with Crippen molar-refractivity contribution in [2.45, 2.75) is 51.5 Å². The number of halogens is 1. The third-order valence-corrected chi connectivity index (χ3v) is 6.84. The lowest BCUT2D eigenvalue weighted by Crippen LogP contribution is -2.48. The molecule has 1 aliphatic rings. The summed E-state index contributed by atoms with van der Waals surface area (Å²) in [7, 11) is 1.72. The topological polar surface area (TPSA) is 88.9 Å². The van der Waals surface area contributed by atoms with E-state index < -0.39 is 6.04 Å². The van der Waals surface area contributed by atoms with Crippen LogP contribution in [0.3, 0.4) is 0 Å². The molecule has 2 amide bonds. The van der Waals surface area contributed by atoms with Gasteiger partial charge in [-0.1, -0.05) is 49.4 Å². The Bertz CT molecular complexity index is 1130. The number of carbonyl (C=O) groups is 2. The summed E-state index contributed by atoms with van der Waals surface area (Å²) in [6.45, 7) is 1.92. The number of anilines is 1. The number of nitrogens with one attached hydrogen (secondary N) is 2. The number of benzene rings is 1. The average Bonchev–Trinajstić information content (AvgIpc) is 3.07. The molecular formula is C26H30ClN5O2. The smallest absolute Gasteiger partial charge is 0.270 e. The van der Waals surface area contributed by atoms with Gasteiger partial charge in [-0.3, -0.25) is 19.3 Å². The summed E-state index contributed by atoms with van der Waals surface area (Å²) in [6, 6.07) is 10.3. The molecule has 1 atom stereocenters. The first-order valence-electron chi connectivity index (χ1n) is 11.8. The zero-order chi connectivity index (χ0) is 24.1. The highest BCUT2D eigenvalue weighted by Gasteiger charge is 2.31.